The number of rotatable bonds is 7. The summed E-state index contributed by atoms with van der Waals surface area (Å²) in [5, 5.41) is 15.7. The standard InChI is InChI=1S/C20H27N5O4/c1-4-29-17(26)13-21-20(11-9-14(2)10-12-20)19-22-23-24-25(19)16-8-6-5-7-15(16)18(27)28-3/h5-8,14,21H,4,9-13H2,1-3H3. The van der Waals surface area contributed by atoms with Gasteiger partial charge in [0.25, 0.3) is 0 Å². The lowest BCUT2D eigenvalue weighted by molar-refractivity contribution is -0.142. The summed E-state index contributed by atoms with van der Waals surface area (Å²) in [5.74, 6) is 0.372. The van der Waals surface area contributed by atoms with Gasteiger partial charge in [-0.05, 0) is 61.1 Å². The van der Waals surface area contributed by atoms with Gasteiger partial charge in [-0.15, -0.1) is 5.10 Å². The maximum absolute atomic E-state index is 12.2. The molecule has 3 rings (SSSR count). The maximum atomic E-state index is 12.2. The molecule has 0 amide bonds. The number of benzene rings is 1. The Kier molecular flexibility index (Phi) is 6.58. The molecule has 1 N–H and O–H groups in total. The van der Waals surface area contributed by atoms with Gasteiger partial charge in [0.1, 0.15) is 0 Å². The summed E-state index contributed by atoms with van der Waals surface area (Å²) in [7, 11) is 1.34. The molecule has 1 aromatic heterocycles. The minimum atomic E-state index is -0.591. The fourth-order valence-electron chi connectivity index (χ4n) is 3.78. The van der Waals surface area contributed by atoms with Crippen LogP contribution >= 0.6 is 0 Å². The van der Waals surface area contributed by atoms with Crippen molar-refractivity contribution in [3.63, 3.8) is 0 Å². The van der Waals surface area contributed by atoms with E-state index in [-0.39, 0.29) is 12.5 Å². The minimum Gasteiger partial charge on any atom is -0.465 e. The van der Waals surface area contributed by atoms with Crippen molar-refractivity contribution in [3.8, 4) is 5.69 Å². The van der Waals surface area contributed by atoms with Crippen molar-refractivity contribution in [3.05, 3.63) is 35.7 Å². The fraction of sp³-hybridized carbons (Fsp3) is 0.550. The highest BCUT2D eigenvalue weighted by atomic mass is 16.5. The van der Waals surface area contributed by atoms with Crippen molar-refractivity contribution in [2.75, 3.05) is 20.3 Å². The van der Waals surface area contributed by atoms with Crippen LogP contribution in [0.25, 0.3) is 5.69 Å². The second-order valence-electron chi connectivity index (χ2n) is 7.35. The van der Waals surface area contributed by atoms with E-state index in [1.54, 1.807) is 29.8 Å². The Balaban J connectivity index is 2.00. The third-order valence-electron chi connectivity index (χ3n) is 5.44. The van der Waals surface area contributed by atoms with E-state index in [9.17, 15) is 9.59 Å². The van der Waals surface area contributed by atoms with Crippen LogP contribution in [0.2, 0.25) is 0 Å². The largest absolute Gasteiger partial charge is 0.465 e. The number of carbonyl (C=O) groups is 2. The Morgan fingerprint density at radius 2 is 2.00 bits per heavy atom. The lowest BCUT2D eigenvalue weighted by Gasteiger charge is -2.38. The van der Waals surface area contributed by atoms with E-state index in [4.69, 9.17) is 9.47 Å². The zero-order valence-corrected chi connectivity index (χ0v) is 17.1. The van der Waals surface area contributed by atoms with Gasteiger partial charge >= 0.3 is 11.9 Å². The summed E-state index contributed by atoms with van der Waals surface area (Å²) in [6.45, 7) is 4.38. The van der Waals surface area contributed by atoms with Gasteiger partial charge < -0.3 is 9.47 Å². The summed E-state index contributed by atoms with van der Waals surface area (Å²) < 4.78 is 11.6. The molecule has 1 saturated carbocycles. The topological polar surface area (TPSA) is 108 Å². The summed E-state index contributed by atoms with van der Waals surface area (Å²) in [5.41, 5.74) is 0.315. The molecule has 0 aliphatic heterocycles. The van der Waals surface area contributed by atoms with E-state index in [1.165, 1.54) is 7.11 Å². The number of tetrazole rings is 1. The first-order valence-corrected chi connectivity index (χ1v) is 9.88. The number of ether oxygens (including phenoxy) is 2. The molecule has 0 bridgehead atoms. The smallest absolute Gasteiger partial charge is 0.340 e. The molecule has 2 aromatic rings. The number of methoxy groups -OCH3 is 1. The molecule has 0 unspecified atom stereocenters. The Labute approximate surface area is 169 Å². The number of carbonyl (C=O) groups excluding carboxylic acids is 2. The molecule has 1 heterocycles. The first-order valence-electron chi connectivity index (χ1n) is 9.88. The van der Waals surface area contributed by atoms with E-state index < -0.39 is 11.5 Å². The van der Waals surface area contributed by atoms with Gasteiger partial charge in [-0.3, -0.25) is 10.1 Å². The zero-order chi connectivity index (χ0) is 20.9. The Morgan fingerprint density at radius 3 is 2.69 bits per heavy atom. The molecule has 1 aliphatic carbocycles. The number of hydrogen-bond donors (Lipinski definition) is 1. The van der Waals surface area contributed by atoms with Crippen molar-refractivity contribution in [1.29, 1.82) is 0 Å². The molecule has 9 nitrogen and oxygen atoms in total. The third-order valence-corrected chi connectivity index (χ3v) is 5.44. The van der Waals surface area contributed by atoms with E-state index in [2.05, 4.69) is 27.8 Å². The summed E-state index contributed by atoms with van der Waals surface area (Å²) in [6, 6.07) is 7.02. The summed E-state index contributed by atoms with van der Waals surface area (Å²) in [6.07, 6.45) is 3.49. The van der Waals surface area contributed by atoms with Crippen molar-refractivity contribution in [2.45, 2.75) is 45.1 Å². The summed E-state index contributed by atoms with van der Waals surface area (Å²) >= 11 is 0. The predicted octanol–water partition coefficient (Wildman–Crippen LogP) is 2.01. The van der Waals surface area contributed by atoms with Crippen LogP contribution in [-0.4, -0.2) is 52.4 Å². The molecule has 0 saturated heterocycles. The Hall–Kier alpha value is -2.81. The van der Waals surface area contributed by atoms with Crippen LogP contribution in [0, 0.1) is 5.92 Å². The maximum Gasteiger partial charge on any atom is 0.340 e. The van der Waals surface area contributed by atoms with Crippen LogP contribution in [0.5, 0.6) is 0 Å². The van der Waals surface area contributed by atoms with Crippen LogP contribution in [0.15, 0.2) is 24.3 Å². The lowest BCUT2D eigenvalue weighted by Crippen LogP contribution is -2.49. The molecular weight excluding hydrogens is 374 g/mol. The molecule has 0 spiro atoms. The van der Waals surface area contributed by atoms with Crippen molar-refractivity contribution in [2.24, 2.45) is 5.92 Å². The highest BCUT2D eigenvalue weighted by Crippen LogP contribution is 2.39. The summed E-state index contributed by atoms with van der Waals surface area (Å²) in [4.78, 5) is 24.2. The average molecular weight is 401 g/mol. The Morgan fingerprint density at radius 1 is 1.28 bits per heavy atom. The van der Waals surface area contributed by atoms with E-state index >= 15 is 0 Å². The molecular formula is C20H27N5O4. The third kappa shape index (κ3) is 4.45. The molecule has 1 aromatic carbocycles. The van der Waals surface area contributed by atoms with E-state index in [1.807, 2.05) is 6.07 Å². The predicted molar refractivity (Wildman–Crippen MR) is 104 cm³/mol. The van der Waals surface area contributed by atoms with Gasteiger partial charge in [0, 0.05) is 0 Å². The molecule has 29 heavy (non-hydrogen) atoms. The zero-order valence-electron chi connectivity index (χ0n) is 17.1. The number of para-hydroxylation sites is 1. The fourth-order valence-corrected chi connectivity index (χ4v) is 3.78. The number of hydrogen-bond acceptors (Lipinski definition) is 8. The lowest BCUT2D eigenvalue weighted by atomic mass is 9.76. The van der Waals surface area contributed by atoms with Crippen LogP contribution in [-0.2, 0) is 19.8 Å². The molecule has 0 radical (unpaired) electrons. The Bertz CT molecular complexity index is 858. The minimum absolute atomic E-state index is 0.0632. The van der Waals surface area contributed by atoms with Crippen LogP contribution in [0.4, 0.5) is 0 Å². The van der Waals surface area contributed by atoms with E-state index in [0.717, 1.165) is 25.7 Å². The monoisotopic (exact) mass is 401 g/mol. The second-order valence-corrected chi connectivity index (χ2v) is 7.35. The molecule has 156 valence electrons. The van der Waals surface area contributed by atoms with Crippen LogP contribution in [0.1, 0.15) is 55.7 Å². The van der Waals surface area contributed by atoms with Gasteiger partial charge in [-0.1, -0.05) is 19.1 Å². The number of nitrogens with zero attached hydrogens (tertiary/aromatic N) is 4. The first-order chi connectivity index (χ1) is 14.0. The van der Waals surface area contributed by atoms with Gasteiger partial charge in [0.15, 0.2) is 5.82 Å². The van der Waals surface area contributed by atoms with Gasteiger partial charge in [0.2, 0.25) is 0 Å². The normalized spacial score (nSPS) is 21.6. The second kappa shape index (κ2) is 9.13. The quantitative estimate of drug-likeness (QED) is 0.702. The highest BCUT2D eigenvalue weighted by molar-refractivity contribution is 5.93. The molecule has 9 heteroatoms. The SMILES string of the molecule is CCOC(=O)CNC1(c2nnnn2-c2ccccc2C(=O)OC)CCC(C)CC1. The van der Waals surface area contributed by atoms with Crippen LogP contribution < -0.4 is 5.32 Å². The number of aromatic nitrogens is 4. The first kappa shape index (κ1) is 20.9. The molecule has 1 aliphatic rings. The van der Waals surface area contributed by atoms with Gasteiger partial charge in [-0.2, -0.15) is 4.68 Å². The number of esters is 2. The van der Waals surface area contributed by atoms with Gasteiger partial charge in [-0.25, -0.2) is 4.79 Å². The van der Waals surface area contributed by atoms with Crippen molar-refractivity contribution >= 4 is 11.9 Å². The van der Waals surface area contributed by atoms with E-state index in [0.29, 0.717) is 29.6 Å². The molecule has 0 atom stereocenters. The van der Waals surface area contributed by atoms with Crippen molar-refractivity contribution < 1.29 is 19.1 Å². The number of nitrogens with one attached hydrogen (secondary N) is 1. The average Bonchev–Trinajstić information content (AvgIpc) is 3.24. The highest BCUT2D eigenvalue weighted by Gasteiger charge is 2.41. The molecule has 1 fully saturated rings. The van der Waals surface area contributed by atoms with Crippen molar-refractivity contribution in [1.82, 2.24) is 25.5 Å². The van der Waals surface area contributed by atoms with Gasteiger partial charge in [0.05, 0.1) is 37.1 Å². The van der Waals surface area contributed by atoms with Crippen LogP contribution in [0.3, 0.4) is 0 Å².